The standard InChI is InChI=1S/C8H8OS/c1-2-4-8-6-10-9-5-7(8)3-1/h1-4H,5-6H2. The van der Waals surface area contributed by atoms with Crippen molar-refractivity contribution in [1.82, 2.24) is 0 Å². The van der Waals surface area contributed by atoms with Crippen molar-refractivity contribution in [2.75, 3.05) is 0 Å². The SMILES string of the molecule is c1ccc2c(c1)COSC2. The van der Waals surface area contributed by atoms with Gasteiger partial charge in [0.05, 0.1) is 6.61 Å². The van der Waals surface area contributed by atoms with Crippen LogP contribution in [0.15, 0.2) is 24.3 Å². The van der Waals surface area contributed by atoms with Crippen LogP contribution in [0.5, 0.6) is 0 Å². The molecule has 1 heterocycles. The Morgan fingerprint density at radius 2 is 2.00 bits per heavy atom. The number of hydrogen-bond donors (Lipinski definition) is 0. The molecule has 1 aromatic carbocycles. The third-order valence-electron chi connectivity index (χ3n) is 1.63. The van der Waals surface area contributed by atoms with E-state index in [1.807, 2.05) is 0 Å². The van der Waals surface area contributed by atoms with Gasteiger partial charge in [0.15, 0.2) is 0 Å². The van der Waals surface area contributed by atoms with Crippen LogP contribution in [-0.2, 0) is 16.5 Å². The Hall–Kier alpha value is -0.470. The first-order valence-corrected chi connectivity index (χ1v) is 4.19. The van der Waals surface area contributed by atoms with Gasteiger partial charge >= 0.3 is 0 Å². The molecular formula is C8H8OS. The van der Waals surface area contributed by atoms with Crippen LogP contribution >= 0.6 is 12.0 Å². The summed E-state index contributed by atoms with van der Waals surface area (Å²) in [4.78, 5) is 0. The van der Waals surface area contributed by atoms with Crippen molar-refractivity contribution < 1.29 is 4.18 Å². The molecule has 1 aliphatic heterocycles. The highest BCUT2D eigenvalue weighted by Crippen LogP contribution is 2.24. The molecule has 2 heteroatoms. The summed E-state index contributed by atoms with van der Waals surface area (Å²) >= 11 is 1.54. The zero-order valence-corrected chi connectivity index (χ0v) is 6.36. The Bertz CT molecular complexity index is 209. The molecule has 0 atom stereocenters. The van der Waals surface area contributed by atoms with Gasteiger partial charge in [-0.25, -0.2) is 0 Å². The second kappa shape index (κ2) is 2.64. The summed E-state index contributed by atoms with van der Waals surface area (Å²) in [6.07, 6.45) is 0. The van der Waals surface area contributed by atoms with Gasteiger partial charge in [-0.05, 0) is 23.2 Å². The Morgan fingerprint density at radius 1 is 1.20 bits per heavy atom. The molecule has 0 saturated heterocycles. The monoisotopic (exact) mass is 152 g/mol. The van der Waals surface area contributed by atoms with E-state index in [-0.39, 0.29) is 0 Å². The largest absolute Gasteiger partial charge is 0.310 e. The van der Waals surface area contributed by atoms with Crippen molar-refractivity contribution in [2.45, 2.75) is 12.4 Å². The van der Waals surface area contributed by atoms with E-state index in [4.69, 9.17) is 4.18 Å². The normalized spacial score (nSPS) is 16.4. The topological polar surface area (TPSA) is 9.23 Å². The maximum Gasteiger partial charge on any atom is 0.0867 e. The van der Waals surface area contributed by atoms with Crippen molar-refractivity contribution in [3.63, 3.8) is 0 Å². The lowest BCUT2D eigenvalue weighted by Crippen LogP contribution is -1.98. The van der Waals surface area contributed by atoms with Gasteiger partial charge in [-0.1, -0.05) is 24.3 Å². The minimum Gasteiger partial charge on any atom is -0.310 e. The van der Waals surface area contributed by atoms with Gasteiger partial charge in [-0.2, -0.15) is 0 Å². The molecule has 2 rings (SSSR count). The highest BCUT2D eigenvalue weighted by atomic mass is 32.2. The van der Waals surface area contributed by atoms with Gasteiger partial charge in [-0.3, -0.25) is 0 Å². The van der Waals surface area contributed by atoms with Gasteiger partial charge < -0.3 is 4.18 Å². The van der Waals surface area contributed by atoms with E-state index in [1.54, 1.807) is 0 Å². The summed E-state index contributed by atoms with van der Waals surface area (Å²) in [5.41, 5.74) is 2.75. The first kappa shape index (κ1) is 6.25. The smallest absolute Gasteiger partial charge is 0.0867 e. The maximum absolute atomic E-state index is 5.21. The van der Waals surface area contributed by atoms with Crippen LogP contribution < -0.4 is 0 Å². The van der Waals surface area contributed by atoms with Crippen LogP contribution in [0.1, 0.15) is 11.1 Å². The van der Waals surface area contributed by atoms with Crippen LogP contribution in [0.2, 0.25) is 0 Å². The molecule has 0 radical (unpaired) electrons. The minimum absolute atomic E-state index is 0.765. The molecule has 0 saturated carbocycles. The quantitative estimate of drug-likeness (QED) is 0.528. The average molecular weight is 152 g/mol. The van der Waals surface area contributed by atoms with Gasteiger partial charge in [0.25, 0.3) is 0 Å². The van der Waals surface area contributed by atoms with Gasteiger partial charge in [0, 0.05) is 5.75 Å². The molecule has 0 aliphatic carbocycles. The molecule has 0 unspecified atom stereocenters. The third-order valence-corrected chi connectivity index (χ3v) is 2.34. The summed E-state index contributed by atoms with van der Waals surface area (Å²) in [5, 5.41) is 0. The van der Waals surface area contributed by atoms with E-state index in [2.05, 4.69) is 24.3 Å². The second-order valence-corrected chi connectivity index (χ2v) is 3.05. The first-order valence-electron chi connectivity index (χ1n) is 3.28. The van der Waals surface area contributed by atoms with Gasteiger partial charge in [0.1, 0.15) is 0 Å². The predicted molar refractivity (Wildman–Crippen MR) is 42.5 cm³/mol. The van der Waals surface area contributed by atoms with Crippen molar-refractivity contribution in [3.8, 4) is 0 Å². The average Bonchev–Trinajstić information content (AvgIpc) is 2.05. The van der Waals surface area contributed by atoms with Crippen molar-refractivity contribution in [2.24, 2.45) is 0 Å². The van der Waals surface area contributed by atoms with Gasteiger partial charge in [-0.15, -0.1) is 0 Å². The highest BCUT2D eigenvalue weighted by molar-refractivity contribution is 7.93. The Kier molecular flexibility index (Phi) is 1.65. The van der Waals surface area contributed by atoms with E-state index < -0.39 is 0 Å². The fraction of sp³-hybridized carbons (Fsp3) is 0.250. The predicted octanol–water partition coefficient (Wildman–Crippen LogP) is 2.37. The third kappa shape index (κ3) is 1.04. The van der Waals surface area contributed by atoms with E-state index in [0.29, 0.717) is 0 Å². The second-order valence-electron chi connectivity index (χ2n) is 2.29. The highest BCUT2D eigenvalue weighted by Gasteiger charge is 2.07. The summed E-state index contributed by atoms with van der Waals surface area (Å²) < 4.78 is 5.21. The van der Waals surface area contributed by atoms with E-state index in [0.717, 1.165) is 12.4 Å². The summed E-state index contributed by atoms with van der Waals surface area (Å²) in [6.45, 7) is 0.765. The van der Waals surface area contributed by atoms with Crippen molar-refractivity contribution >= 4 is 12.0 Å². The van der Waals surface area contributed by atoms with Crippen LogP contribution in [0.3, 0.4) is 0 Å². The molecule has 0 aromatic heterocycles. The number of benzene rings is 1. The zero-order chi connectivity index (χ0) is 6.81. The lowest BCUT2D eigenvalue weighted by Gasteiger charge is -2.13. The first-order chi connectivity index (χ1) is 4.97. The molecule has 1 aliphatic rings. The summed E-state index contributed by atoms with van der Waals surface area (Å²) in [6, 6.07) is 8.41. The Balaban J connectivity index is 2.41. The molecule has 1 aromatic rings. The maximum atomic E-state index is 5.21. The lowest BCUT2D eigenvalue weighted by atomic mass is 10.1. The molecule has 0 amide bonds. The van der Waals surface area contributed by atoms with Crippen LogP contribution in [-0.4, -0.2) is 0 Å². The van der Waals surface area contributed by atoms with Gasteiger partial charge in [0.2, 0.25) is 0 Å². The molecule has 10 heavy (non-hydrogen) atoms. The van der Waals surface area contributed by atoms with Crippen molar-refractivity contribution in [1.29, 1.82) is 0 Å². The van der Waals surface area contributed by atoms with E-state index in [9.17, 15) is 0 Å². The number of hydrogen-bond acceptors (Lipinski definition) is 2. The van der Waals surface area contributed by atoms with E-state index in [1.165, 1.54) is 23.2 Å². The van der Waals surface area contributed by atoms with Crippen LogP contribution in [0.25, 0.3) is 0 Å². The van der Waals surface area contributed by atoms with Crippen molar-refractivity contribution in [3.05, 3.63) is 35.4 Å². The van der Waals surface area contributed by atoms with Crippen LogP contribution in [0.4, 0.5) is 0 Å². The lowest BCUT2D eigenvalue weighted by molar-refractivity contribution is 0.355. The molecule has 1 nitrogen and oxygen atoms in total. The fourth-order valence-electron chi connectivity index (χ4n) is 1.05. The fourth-order valence-corrected chi connectivity index (χ4v) is 1.75. The molecule has 0 spiro atoms. The number of fused-ring (bicyclic) bond motifs is 1. The summed E-state index contributed by atoms with van der Waals surface area (Å²) in [5.74, 6) is 0.996. The Labute approximate surface area is 64.6 Å². The Morgan fingerprint density at radius 3 is 2.80 bits per heavy atom. The molecule has 0 N–H and O–H groups in total. The van der Waals surface area contributed by atoms with E-state index >= 15 is 0 Å². The molecule has 52 valence electrons. The van der Waals surface area contributed by atoms with Crippen LogP contribution in [0, 0.1) is 0 Å². The zero-order valence-electron chi connectivity index (χ0n) is 5.54. The summed E-state index contributed by atoms with van der Waals surface area (Å²) in [7, 11) is 0. The molecule has 0 bridgehead atoms. The molecular weight excluding hydrogens is 144 g/mol. The minimum atomic E-state index is 0.765. The molecule has 0 fully saturated rings. The number of rotatable bonds is 0.